The minimum absolute atomic E-state index is 0.214. The van der Waals surface area contributed by atoms with E-state index in [2.05, 4.69) is 9.82 Å². The molecule has 0 bridgehead atoms. The average Bonchev–Trinajstić information content (AvgIpc) is 2.60. The van der Waals surface area contributed by atoms with Gasteiger partial charge in [-0.05, 0) is 25.1 Å². The van der Waals surface area contributed by atoms with E-state index in [1.807, 2.05) is 0 Å². The fourth-order valence-corrected chi connectivity index (χ4v) is 2.78. The molecule has 2 aromatic rings. The quantitative estimate of drug-likeness (QED) is 0.936. The van der Waals surface area contributed by atoms with Crippen molar-refractivity contribution < 1.29 is 17.2 Å². The molecule has 0 fully saturated rings. The molecule has 0 atom stereocenters. The van der Waals surface area contributed by atoms with Gasteiger partial charge in [-0.15, -0.1) is 0 Å². The Morgan fingerprint density at radius 1 is 1.32 bits per heavy atom. The molecule has 1 heterocycles. The molecule has 0 saturated carbocycles. The van der Waals surface area contributed by atoms with Crippen LogP contribution in [0.15, 0.2) is 29.3 Å². The summed E-state index contributed by atoms with van der Waals surface area (Å²) < 4.78 is 54.0. The number of hydrogen-bond acceptors (Lipinski definition) is 3. The standard InChI is InChI=1S/C11H11F2N3O2S/c1-7-10(6-16(2)14-7)15-19(17,18)11-5-8(12)3-4-9(11)13/h3-6,15H,1-2H3. The lowest BCUT2D eigenvalue weighted by Gasteiger charge is -2.07. The van der Waals surface area contributed by atoms with Gasteiger partial charge in [-0.1, -0.05) is 0 Å². The molecule has 0 amide bonds. The van der Waals surface area contributed by atoms with Crippen LogP contribution in [0.5, 0.6) is 0 Å². The number of halogens is 2. The van der Waals surface area contributed by atoms with E-state index in [1.54, 1.807) is 14.0 Å². The maximum atomic E-state index is 13.5. The van der Waals surface area contributed by atoms with E-state index < -0.39 is 26.6 Å². The number of rotatable bonds is 3. The van der Waals surface area contributed by atoms with Gasteiger partial charge in [0.15, 0.2) is 0 Å². The number of aryl methyl sites for hydroxylation is 2. The van der Waals surface area contributed by atoms with Crippen LogP contribution in [0.2, 0.25) is 0 Å². The monoisotopic (exact) mass is 287 g/mol. The second kappa shape index (κ2) is 4.61. The van der Waals surface area contributed by atoms with E-state index in [-0.39, 0.29) is 5.69 Å². The highest BCUT2D eigenvalue weighted by Gasteiger charge is 2.21. The zero-order valence-electron chi connectivity index (χ0n) is 10.2. The van der Waals surface area contributed by atoms with Crippen molar-refractivity contribution in [3.63, 3.8) is 0 Å². The molecule has 1 aromatic carbocycles. The Hall–Kier alpha value is -1.96. The molecule has 0 aliphatic heterocycles. The molecule has 8 heteroatoms. The van der Waals surface area contributed by atoms with Crippen LogP contribution < -0.4 is 4.72 Å². The molecule has 2 rings (SSSR count). The average molecular weight is 287 g/mol. The zero-order valence-corrected chi connectivity index (χ0v) is 11.0. The lowest BCUT2D eigenvalue weighted by Crippen LogP contribution is -2.15. The second-order valence-electron chi connectivity index (χ2n) is 3.98. The van der Waals surface area contributed by atoms with E-state index in [9.17, 15) is 17.2 Å². The van der Waals surface area contributed by atoms with Crippen molar-refractivity contribution in [1.82, 2.24) is 9.78 Å². The van der Waals surface area contributed by atoms with Crippen LogP contribution in [0.3, 0.4) is 0 Å². The van der Waals surface area contributed by atoms with Crippen LogP contribution in [-0.2, 0) is 17.1 Å². The number of aromatic nitrogens is 2. The van der Waals surface area contributed by atoms with Gasteiger partial charge in [0.25, 0.3) is 10.0 Å². The van der Waals surface area contributed by atoms with Gasteiger partial charge in [0.05, 0.1) is 11.4 Å². The molecule has 1 N–H and O–H groups in total. The molecular formula is C11H11F2N3O2S. The molecule has 5 nitrogen and oxygen atoms in total. The number of hydrogen-bond donors (Lipinski definition) is 1. The predicted molar refractivity (Wildman–Crippen MR) is 65.1 cm³/mol. The SMILES string of the molecule is Cc1nn(C)cc1NS(=O)(=O)c1cc(F)ccc1F. The minimum atomic E-state index is -4.19. The summed E-state index contributed by atoms with van der Waals surface area (Å²) in [6, 6.07) is 2.24. The summed E-state index contributed by atoms with van der Waals surface area (Å²) in [5, 5.41) is 3.95. The molecule has 0 aliphatic rings. The third kappa shape index (κ3) is 2.73. The number of nitrogens with one attached hydrogen (secondary N) is 1. The van der Waals surface area contributed by atoms with Crippen LogP contribution in [0.1, 0.15) is 5.69 Å². The van der Waals surface area contributed by atoms with E-state index in [4.69, 9.17) is 0 Å². The smallest absolute Gasteiger partial charge is 0.265 e. The summed E-state index contributed by atoms with van der Waals surface area (Å²) in [6.45, 7) is 1.60. The van der Waals surface area contributed by atoms with Gasteiger partial charge in [-0.3, -0.25) is 9.40 Å². The topological polar surface area (TPSA) is 64.0 Å². The summed E-state index contributed by atoms with van der Waals surface area (Å²) in [5.74, 6) is -1.85. The van der Waals surface area contributed by atoms with Crippen LogP contribution in [0.25, 0.3) is 0 Å². The molecule has 0 aliphatic carbocycles. The Balaban J connectivity index is 2.43. The highest BCUT2D eigenvalue weighted by Crippen LogP contribution is 2.21. The first-order valence-corrected chi connectivity index (χ1v) is 6.76. The van der Waals surface area contributed by atoms with E-state index in [0.29, 0.717) is 11.8 Å². The third-order valence-corrected chi connectivity index (χ3v) is 3.82. The van der Waals surface area contributed by atoms with E-state index >= 15 is 0 Å². The summed E-state index contributed by atoms with van der Waals surface area (Å²) in [6.07, 6.45) is 1.43. The number of anilines is 1. The van der Waals surface area contributed by atoms with Crippen molar-refractivity contribution >= 4 is 15.7 Å². The molecule has 102 valence electrons. The second-order valence-corrected chi connectivity index (χ2v) is 5.63. The summed E-state index contributed by atoms with van der Waals surface area (Å²) in [4.78, 5) is -0.740. The molecule has 1 aromatic heterocycles. The van der Waals surface area contributed by atoms with Gasteiger partial charge in [0.1, 0.15) is 16.5 Å². The van der Waals surface area contributed by atoms with Crippen molar-refractivity contribution in [2.24, 2.45) is 7.05 Å². The Kier molecular flexibility index (Phi) is 3.27. The van der Waals surface area contributed by atoms with Crippen molar-refractivity contribution in [1.29, 1.82) is 0 Å². The van der Waals surface area contributed by atoms with Crippen LogP contribution in [0, 0.1) is 18.6 Å². The van der Waals surface area contributed by atoms with Crippen molar-refractivity contribution in [3.05, 3.63) is 41.7 Å². The first-order chi connectivity index (χ1) is 8.79. The molecular weight excluding hydrogens is 276 g/mol. The zero-order chi connectivity index (χ0) is 14.2. The van der Waals surface area contributed by atoms with Gasteiger partial charge < -0.3 is 0 Å². The Bertz CT molecular complexity index is 726. The molecule has 0 spiro atoms. The third-order valence-electron chi connectivity index (χ3n) is 2.44. The highest BCUT2D eigenvalue weighted by molar-refractivity contribution is 7.92. The molecule has 0 saturated heterocycles. The van der Waals surface area contributed by atoms with Gasteiger partial charge in [0, 0.05) is 13.2 Å². The van der Waals surface area contributed by atoms with Crippen molar-refractivity contribution in [2.45, 2.75) is 11.8 Å². The number of nitrogens with zero attached hydrogens (tertiary/aromatic N) is 2. The van der Waals surface area contributed by atoms with Gasteiger partial charge in [-0.25, -0.2) is 17.2 Å². The molecule has 19 heavy (non-hydrogen) atoms. The van der Waals surface area contributed by atoms with Gasteiger partial charge in [0.2, 0.25) is 0 Å². The van der Waals surface area contributed by atoms with E-state index in [0.717, 1.165) is 12.1 Å². The predicted octanol–water partition coefficient (Wildman–Crippen LogP) is 1.81. The minimum Gasteiger partial charge on any atom is -0.276 e. The summed E-state index contributed by atoms with van der Waals surface area (Å²) in [7, 11) is -2.58. The largest absolute Gasteiger partial charge is 0.276 e. The van der Waals surface area contributed by atoms with Crippen molar-refractivity contribution in [2.75, 3.05) is 4.72 Å². The van der Waals surface area contributed by atoms with E-state index in [1.165, 1.54) is 10.9 Å². The van der Waals surface area contributed by atoms with Crippen LogP contribution >= 0.6 is 0 Å². The number of benzene rings is 1. The number of sulfonamides is 1. The fraction of sp³-hybridized carbons (Fsp3) is 0.182. The normalized spacial score (nSPS) is 11.6. The Morgan fingerprint density at radius 2 is 2.00 bits per heavy atom. The first-order valence-electron chi connectivity index (χ1n) is 5.28. The molecule has 0 radical (unpaired) electrons. The first kappa shape index (κ1) is 13.5. The van der Waals surface area contributed by atoms with Gasteiger partial charge >= 0.3 is 0 Å². The maximum Gasteiger partial charge on any atom is 0.265 e. The molecule has 0 unspecified atom stereocenters. The maximum absolute atomic E-state index is 13.5. The lowest BCUT2D eigenvalue weighted by molar-refractivity contribution is 0.555. The fourth-order valence-electron chi connectivity index (χ4n) is 1.58. The summed E-state index contributed by atoms with van der Waals surface area (Å²) >= 11 is 0. The Morgan fingerprint density at radius 3 is 2.58 bits per heavy atom. The van der Waals surface area contributed by atoms with Gasteiger partial charge in [-0.2, -0.15) is 5.10 Å². The highest BCUT2D eigenvalue weighted by atomic mass is 32.2. The van der Waals surface area contributed by atoms with Crippen LogP contribution in [0.4, 0.5) is 14.5 Å². The lowest BCUT2D eigenvalue weighted by atomic mass is 10.3. The summed E-state index contributed by atoms with van der Waals surface area (Å²) in [5.41, 5.74) is 0.647. The van der Waals surface area contributed by atoms with Crippen molar-refractivity contribution in [3.8, 4) is 0 Å². The Labute approximate surface area is 108 Å². The van der Waals surface area contributed by atoms with Crippen LogP contribution in [-0.4, -0.2) is 18.2 Å².